The van der Waals surface area contributed by atoms with Crippen molar-refractivity contribution in [1.29, 1.82) is 5.26 Å². The Kier molecular flexibility index (Phi) is 5.85. The molecule has 0 unspecified atom stereocenters. The van der Waals surface area contributed by atoms with E-state index >= 15 is 0 Å². The average molecular weight is 384 g/mol. The minimum Gasteiger partial charge on any atom is -0.507 e. The summed E-state index contributed by atoms with van der Waals surface area (Å²) < 4.78 is 0.942. The van der Waals surface area contributed by atoms with Crippen molar-refractivity contribution < 1.29 is 5.11 Å². The number of aromatic hydroxyl groups is 1. The van der Waals surface area contributed by atoms with Gasteiger partial charge in [-0.2, -0.15) is 5.26 Å². The molecule has 0 heterocycles. The summed E-state index contributed by atoms with van der Waals surface area (Å²) in [7, 11) is 0. The van der Waals surface area contributed by atoms with Crippen molar-refractivity contribution in [3.63, 3.8) is 0 Å². The Morgan fingerprint density at radius 3 is 2.12 bits per heavy atom. The molecule has 0 saturated heterocycles. The van der Waals surface area contributed by atoms with Crippen molar-refractivity contribution in [3.05, 3.63) is 63.1 Å². The van der Waals surface area contributed by atoms with E-state index in [1.165, 1.54) is 0 Å². The molecule has 0 spiro atoms. The van der Waals surface area contributed by atoms with Crippen molar-refractivity contribution in [2.75, 3.05) is 0 Å². The lowest BCUT2D eigenvalue weighted by Gasteiger charge is -2.16. The Bertz CT molecular complexity index is 784. The summed E-state index contributed by atoms with van der Waals surface area (Å²) in [5, 5.41) is 20.1. The number of hydrogen-bond donors (Lipinski definition) is 1. The van der Waals surface area contributed by atoms with E-state index in [2.05, 4.69) is 49.7 Å². The fourth-order valence-electron chi connectivity index (χ4n) is 2.67. The van der Waals surface area contributed by atoms with Crippen LogP contribution in [0.15, 0.2) is 40.9 Å². The Hall–Kier alpha value is -2.05. The first kappa shape index (κ1) is 18.3. The molecule has 0 fully saturated rings. The standard InChI is InChI=1S/C21H22BrNO/c1-13(2)19-9-15(10-20(14(3)4)21(19)24)8-17(12-23)16-6-5-7-18(22)11-16/h5-11,13-14,24H,1-4H3/b17-8+. The van der Waals surface area contributed by atoms with E-state index in [0.717, 1.165) is 26.7 Å². The molecule has 0 aliphatic heterocycles. The Labute approximate surface area is 152 Å². The SMILES string of the molecule is CC(C)c1cc(/C=C(\C#N)c2cccc(Br)c2)cc(C(C)C)c1O. The minimum absolute atomic E-state index is 0.215. The number of nitrogens with zero attached hydrogens (tertiary/aromatic N) is 1. The Morgan fingerprint density at radius 2 is 1.67 bits per heavy atom. The fraction of sp³-hybridized carbons (Fsp3) is 0.286. The van der Waals surface area contributed by atoms with Gasteiger partial charge >= 0.3 is 0 Å². The number of allylic oxidation sites excluding steroid dienone is 1. The third kappa shape index (κ3) is 4.07. The summed E-state index contributed by atoms with van der Waals surface area (Å²) >= 11 is 3.45. The quantitative estimate of drug-likeness (QED) is 0.485. The van der Waals surface area contributed by atoms with E-state index in [1.807, 2.05) is 42.5 Å². The summed E-state index contributed by atoms with van der Waals surface area (Å²) in [6.45, 7) is 8.25. The molecule has 0 radical (unpaired) electrons. The molecule has 2 aromatic carbocycles. The second-order valence-electron chi connectivity index (χ2n) is 6.54. The maximum absolute atomic E-state index is 10.5. The van der Waals surface area contributed by atoms with E-state index in [9.17, 15) is 10.4 Å². The molecule has 3 heteroatoms. The molecule has 24 heavy (non-hydrogen) atoms. The third-order valence-electron chi connectivity index (χ3n) is 4.00. The summed E-state index contributed by atoms with van der Waals surface area (Å²) in [6.07, 6.45) is 1.89. The van der Waals surface area contributed by atoms with Gasteiger partial charge in [0.1, 0.15) is 5.75 Å². The highest BCUT2D eigenvalue weighted by Gasteiger charge is 2.15. The van der Waals surface area contributed by atoms with E-state index in [-0.39, 0.29) is 11.8 Å². The zero-order valence-electron chi connectivity index (χ0n) is 14.5. The smallest absolute Gasteiger partial charge is 0.122 e. The number of phenolic OH excluding ortho intramolecular Hbond substituents is 1. The van der Waals surface area contributed by atoms with Gasteiger partial charge in [-0.3, -0.25) is 0 Å². The highest BCUT2D eigenvalue weighted by Crippen LogP contribution is 2.35. The first-order valence-electron chi connectivity index (χ1n) is 8.08. The molecule has 0 saturated carbocycles. The molecular weight excluding hydrogens is 362 g/mol. The van der Waals surface area contributed by atoms with Crippen LogP contribution in [-0.4, -0.2) is 5.11 Å². The van der Waals surface area contributed by atoms with Crippen LogP contribution < -0.4 is 0 Å². The first-order valence-corrected chi connectivity index (χ1v) is 8.87. The number of nitriles is 1. The van der Waals surface area contributed by atoms with Crippen molar-refractivity contribution >= 4 is 27.6 Å². The molecule has 1 N–H and O–H groups in total. The van der Waals surface area contributed by atoms with Gasteiger partial charge in [0.2, 0.25) is 0 Å². The third-order valence-corrected chi connectivity index (χ3v) is 4.50. The molecule has 0 amide bonds. The highest BCUT2D eigenvalue weighted by atomic mass is 79.9. The maximum atomic E-state index is 10.5. The van der Waals surface area contributed by atoms with E-state index in [0.29, 0.717) is 11.3 Å². The summed E-state index contributed by atoms with van der Waals surface area (Å²) in [5.74, 6) is 0.803. The molecule has 2 aromatic rings. The van der Waals surface area contributed by atoms with E-state index < -0.39 is 0 Å². The highest BCUT2D eigenvalue weighted by molar-refractivity contribution is 9.10. The van der Waals surface area contributed by atoms with E-state index in [4.69, 9.17) is 0 Å². The summed E-state index contributed by atoms with van der Waals surface area (Å²) in [5.41, 5.74) is 4.25. The number of phenols is 1. The van der Waals surface area contributed by atoms with E-state index in [1.54, 1.807) is 0 Å². The van der Waals surface area contributed by atoms with Crippen molar-refractivity contribution in [2.45, 2.75) is 39.5 Å². The molecule has 2 rings (SSSR count). The predicted molar refractivity (Wildman–Crippen MR) is 104 cm³/mol. The molecule has 0 aliphatic rings. The number of halogens is 1. The molecule has 0 bridgehead atoms. The summed E-state index contributed by atoms with van der Waals surface area (Å²) in [6, 6.07) is 13.9. The van der Waals surface area contributed by atoms with Gasteiger partial charge in [-0.25, -0.2) is 0 Å². The average Bonchev–Trinajstić information content (AvgIpc) is 2.53. The van der Waals surface area contributed by atoms with Gasteiger partial charge in [0.15, 0.2) is 0 Å². The zero-order valence-corrected chi connectivity index (χ0v) is 16.1. The number of benzene rings is 2. The Morgan fingerprint density at radius 1 is 1.08 bits per heavy atom. The van der Waals surface area contributed by atoms with Crippen LogP contribution in [0, 0.1) is 11.3 Å². The first-order chi connectivity index (χ1) is 11.3. The number of hydrogen-bond acceptors (Lipinski definition) is 2. The van der Waals surface area contributed by atoms with Gasteiger partial charge in [-0.15, -0.1) is 0 Å². The van der Waals surface area contributed by atoms with Crippen molar-refractivity contribution in [2.24, 2.45) is 0 Å². The van der Waals surface area contributed by atoms with Gasteiger partial charge in [0.25, 0.3) is 0 Å². The van der Waals surface area contributed by atoms with Gasteiger partial charge in [-0.1, -0.05) is 55.8 Å². The van der Waals surface area contributed by atoms with Gasteiger partial charge in [-0.05, 0) is 64.4 Å². The largest absolute Gasteiger partial charge is 0.507 e. The van der Waals surface area contributed by atoms with Crippen LogP contribution in [0.1, 0.15) is 61.8 Å². The predicted octanol–water partition coefficient (Wildman–Crippen LogP) is 6.47. The minimum atomic E-state index is 0.215. The molecule has 2 nitrogen and oxygen atoms in total. The van der Waals surface area contributed by atoms with Gasteiger partial charge < -0.3 is 5.11 Å². The van der Waals surface area contributed by atoms with Gasteiger partial charge in [0, 0.05) is 4.47 Å². The zero-order chi connectivity index (χ0) is 17.9. The lowest BCUT2D eigenvalue weighted by Crippen LogP contribution is -1.97. The maximum Gasteiger partial charge on any atom is 0.122 e. The fourth-order valence-corrected chi connectivity index (χ4v) is 3.07. The lowest BCUT2D eigenvalue weighted by molar-refractivity contribution is 0.454. The normalized spacial score (nSPS) is 11.8. The second-order valence-corrected chi connectivity index (χ2v) is 7.45. The monoisotopic (exact) mass is 383 g/mol. The molecule has 0 aromatic heterocycles. The topological polar surface area (TPSA) is 44.0 Å². The number of rotatable bonds is 4. The van der Waals surface area contributed by atoms with Crippen molar-refractivity contribution in [3.8, 4) is 11.8 Å². The molecule has 0 atom stereocenters. The van der Waals surface area contributed by atoms with Crippen LogP contribution in [0.25, 0.3) is 11.6 Å². The van der Waals surface area contributed by atoms with Crippen LogP contribution in [0.3, 0.4) is 0 Å². The molecule has 0 aliphatic carbocycles. The van der Waals surface area contributed by atoms with Crippen molar-refractivity contribution in [1.82, 2.24) is 0 Å². The van der Waals surface area contributed by atoms with Crippen LogP contribution in [0.5, 0.6) is 5.75 Å². The second kappa shape index (κ2) is 7.68. The van der Waals surface area contributed by atoms with Crippen LogP contribution in [0.2, 0.25) is 0 Å². The molecular formula is C21H22BrNO. The van der Waals surface area contributed by atoms with Crippen LogP contribution in [-0.2, 0) is 0 Å². The summed E-state index contributed by atoms with van der Waals surface area (Å²) in [4.78, 5) is 0. The van der Waals surface area contributed by atoms with Gasteiger partial charge in [0.05, 0.1) is 11.6 Å². The van der Waals surface area contributed by atoms with Crippen LogP contribution >= 0.6 is 15.9 Å². The lowest BCUT2D eigenvalue weighted by atomic mass is 9.90. The van der Waals surface area contributed by atoms with Crippen LogP contribution in [0.4, 0.5) is 0 Å². The molecule has 124 valence electrons. The Balaban J connectivity index is 2.60.